The molecule has 0 heterocycles. The van der Waals surface area contributed by atoms with Crippen LogP contribution in [0.2, 0.25) is 0 Å². The molecule has 0 radical (unpaired) electrons. The Labute approximate surface area is 96.1 Å². The molecule has 0 spiro atoms. The molecule has 1 aromatic rings. The fourth-order valence-corrected chi connectivity index (χ4v) is 2.14. The van der Waals surface area contributed by atoms with Crippen molar-refractivity contribution in [2.45, 2.75) is 25.8 Å². The number of hydrogen-bond acceptors (Lipinski definition) is 2. The van der Waals surface area contributed by atoms with Gasteiger partial charge < -0.3 is 10.6 Å². The summed E-state index contributed by atoms with van der Waals surface area (Å²) in [4.78, 5) is 2.80. The number of aryl methyl sites for hydroxylation is 1. The fourth-order valence-electron chi connectivity index (χ4n) is 1.97. The standard InChI is InChI=1S/C12H16N2S/c1-8-4-3-5-10(12(13)15)11(8)14(2)9-6-7-9/h3-5,9H,6-7H2,1-2H3,(H2,13,15). The quantitative estimate of drug-likeness (QED) is 0.792. The second-order valence-electron chi connectivity index (χ2n) is 4.18. The van der Waals surface area contributed by atoms with Crippen molar-refractivity contribution in [1.82, 2.24) is 0 Å². The highest BCUT2D eigenvalue weighted by Gasteiger charge is 2.28. The SMILES string of the molecule is Cc1cccc(C(N)=S)c1N(C)C1CC1. The normalized spacial score (nSPS) is 15.1. The van der Waals surface area contributed by atoms with Gasteiger partial charge in [-0.25, -0.2) is 0 Å². The lowest BCUT2D eigenvalue weighted by Gasteiger charge is -2.24. The second-order valence-corrected chi connectivity index (χ2v) is 4.62. The molecule has 0 amide bonds. The summed E-state index contributed by atoms with van der Waals surface area (Å²) < 4.78 is 0. The number of rotatable bonds is 3. The Morgan fingerprint density at radius 1 is 1.47 bits per heavy atom. The molecule has 1 fully saturated rings. The molecule has 0 aliphatic heterocycles. The molecule has 0 aromatic heterocycles. The van der Waals surface area contributed by atoms with Crippen LogP contribution in [0.1, 0.15) is 24.0 Å². The van der Waals surface area contributed by atoms with Gasteiger partial charge in [0, 0.05) is 24.3 Å². The molecule has 0 saturated heterocycles. The van der Waals surface area contributed by atoms with E-state index in [9.17, 15) is 0 Å². The van der Waals surface area contributed by atoms with Crippen molar-refractivity contribution in [3.63, 3.8) is 0 Å². The molecular weight excluding hydrogens is 204 g/mol. The molecular formula is C12H16N2S. The summed E-state index contributed by atoms with van der Waals surface area (Å²) in [7, 11) is 2.13. The van der Waals surface area contributed by atoms with Crippen LogP contribution >= 0.6 is 12.2 Å². The molecule has 80 valence electrons. The Morgan fingerprint density at radius 2 is 2.13 bits per heavy atom. The summed E-state index contributed by atoms with van der Waals surface area (Å²) in [5.74, 6) is 0. The van der Waals surface area contributed by atoms with E-state index >= 15 is 0 Å². The van der Waals surface area contributed by atoms with E-state index in [2.05, 4.69) is 24.9 Å². The largest absolute Gasteiger partial charge is 0.389 e. The fraction of sp³-hybridized carbons (Fsp3) is 0.417. The molecule has 15 heavy (non-hydrogen) atoms. The first-order chi connectivity index (χ1) is 7.11. The molecule has 0 unspecified atom stereocenters. The van der Waals surface area contributed by atoms with Crippen molar-refractivity contribution in [3.05, 3.63) is 29.3 Å². The maximum absolute atomic E-state index is 5.75. The lowest BCUT2D eigenvalue weighted by molar-refractivity contribution is 0.910. The van der Waals surface area contributed by atoms with Gasteiger partial charge in [-0.2, -0.15) is 0 Å². The van der Waals surface area contributed by atoms with Gasteiger partial charge in [0.2, 0.25) is 0 Å². The number of thiocarbonyl (C=S) groups is 1. The van der Waals surface area contributed by atoms with Crippen molar-refractivity contribution in [2.24, 2.45) is 5.73 Å². The Hall–Kier alpha value is -1.09. The number of para-hydroxylation sites is 1. The van der Waals surface area contributed by atoms with E-state index in [-0.39, 0.29) is 0 Å². The van der Waals surface area contributed by atoms with Crippen LogP contribution in [-0.4, -0.2) is 18.1 Å². The van der Waals surface area contributed by atoms with E-state index in [1.165, 1.54) is 24.1 Å². The van der Waals surface area contributed by atoms with Gasteiger partial charge in [0.15, 0.2) is 0 Å². The molecule has 0 bridgehead atoms. The van der Waals surface area contributed by atoms with Crippen molar-refractivity contribution in [3.8, 4) is 0 Å². The molecule has 0 atom stereocenters. The van der Waals surface area contributed by atoms with Crippen LogP contribution in [0, 0.1) is 6.92 Å². The number of nitrogens with two attached hydrogens (primary N) is 1. The van der Waals surface area contributed by atoms with E-state index in [1.54, 1.807) is 0 Å². The van der Waals surface area contributed by atoms with Gasteiger partial charge in [-0.3, -0.25) is 0 Å². The average molecular weight is 220 g/mol. The van der Waals surface area contributed by atoms with E-state index in [0.717, 1.165) is 5.56 Å². The Morgan fingerprint density at radius 3 is 2.67 bits per heavy atom. The minimum Gasteiger partial charge on any atom is -0.389 e. The summed E-state index contributed by atoms with van der Waals surface area (Å²) in [6.07, 6.45) is 2.56. The summed E-state index contributed by atoms with van der Waals surface area (Å²) in [6.45, 7) is 2.11. The van der Waals surface area contributed by atoms with Crippen LogP contribution in [0.4, 0.5) is 5.69 Å². The monoisotopic (exact) mass is 220 g/mol. The van der Waals surface area contributed by atoms with Crippen LogP contribution < -0.4 is 10.6 Å². The van der Waals surface area contributed by atoms with Crippen molar-refractivity contribution in [1.29, 1.82) is 0 Å². The zero-order chi connectivity index (χ0) is 11.0. The zero-order valence-electron chi connectivity index (χ0n) is 9.16. The average Bonchev–Trinajstić information content (AvgIpc) is 2.99. The molecule has 2 N–H and O–H groups in total. The highest BCUT2D eigenvalue weighted by atomic mass is 32.1. The van der Waals surface area contributed by atoms with Crippen molar-refractivity contribution >= 4 is 22.9 Å². The van der Waals surface area contributed by atoms with Crippen LogP contribution in [0.15, 0.2) is 18.2 Å². The molecule has 1 aliphatic carbocycles. The van der Waals surface area contributed by atoms with Gasteiger partial charge >= 0.3 is 0 Å². The highest BCUT2D eigenvalue weighted by molar-refractivity contribution is 7.80. The first-order valence-corrected chi connectivity index (χ1v) is 5.64. The third kappa shape index (κ3) is 1.97. The second kappa shape index (κ2) is 3.81. The van der Waals surface area contributed by atoms with Crippen LogP contribution in [0.3, 0.4) is 0 Å². The predicted molar refractivity (Wildman–Crippen MR) is 68.5 cm³/mol. The number of benzene rings is 1. The molecule has 2 rings (SSSR count). The topological polar surface area (TPSA) is 29.3 Å². The van der Waals surface area contributed by atoms with E-state index in [0.29, 0.717) is 11.0 Å². The Balaban J connectivity index is 2.46. The van der Waals surface area contributed by atoms with Crippen molar-refractivity contribution in [2.75, 3.05) is 11.9 Å². The molecule has 1 saturated carbocycles. The molecule has 1 aliphatic rings. The van der Waals surface area contributed by atoms with Crippen molar-refractivity contribution < 1.29 is 0 Å². The lowest BCUT2D eigenvalue weighted by Crippen LogP contribution is -2.24. The summed E-state index contributed by atoms with van der Waals surface area (Å²) in [5.41, 5.74) is 9.19. The molecule has 1 aromatic carbocycles. The van der Waals surface area contributed by atoms with Gasteiger partial charge in [-0.05, 0) is 31.4 Å². The van der Waals surface area contributed by atoms with Crippen LogP contribution in [0.5, 0.6) is 0 Å². The van der Waals surface area contributed by atoms with Crippen LogP contribution in [-0.2, 0) is 0 Å². The van der Waals surface area contributed by atoms with Gasteiger partial charge in [0.05, 0.1) is 0 Å². The minimum absolute atomic E-state index is 0.487. The highest BCUT2D eigenvalue weighted by Crippen LogP contribution is 2.34. The van der Waals surface area contributed by atoms with Crippen LogP contribution in [0.25, 0.3) is 0 Å². The molecule has 2 nitrogen and oxygen atoms in total. The van der Waals surface area contributed by atoms with E-state index in [4.69, 9.17) is 18.0 Å². The smallest absolute Gasteiger partial charge is 0.106 e. The third-order valence-corrected chi connectivity index (χ3v) is 3.17. The summed E-state index contributed by atoms with van der Waals surface area (Å²) in [6, 6.07) is 6.80. The Kier molecular flexibility index (Phi) is 2.65. The lowest BCUT2D eigenvalue weighted by atomic mass is 10.1. The maximum atomic E-state index is 5.75. The van der Waals surface area contributed by atoms with E-state index < -0.39 is 0 Å². The van der Waals surface area contributed by atoms with Gasteiger partial charge in [0.1, 0.15) is 4.99 Å². The molecule has 3 heteroatoms. The zero-order valence-corrected chi connectivity index (χ0v) is 9.97. The first-order valence-electron chi connectivity index (χ1n) is 5.23. The van der Waals surface area contributed by atoms with Gasteiger partial charge in [-0.15, -0.1) is 0 Å². The van der Waals surface area contributed by atoms with Gasteiger partial charge in [0.25, 0.3) is 0 Å². The Bertz CT molecular complexity index is 397. The summed E-state index contributed by atoms with van der Waals surface area (Å²) >= 11 is 5.09. The maximum Gasteiger partial charge on any atom is 0.106 e. The third-order valence-electron chi connectivity index (χ3n) is 2.95. The number of hydrogen-bond donors (Lipinski definition) is 1. The predicted octanol–water partition coefficient (Wildman–Crippen LogP) is 2.23. The number of anilines is 1. The summed E-state index contributed by atoms with van der Waals surface area (Å²) in [5, 5.41) is 0. The van der Waals surface area contributed by atoms with E-state index in [1.807, 2.05) is 12.1 Å². The first kappa shape index (κ1) is 10.4. The van der Waals surface area contributed by atoms with Gasteiger partial charge in [-0.1, -0.05) is 24.4 Å². The minimum atomic E-state index is 0.487. The number of nitrogens with zero attached hydrogens (tertiary/aromatic N) is 1.